The number of nitrogens with one attached hydrogen (secondary N) is 1. The van der Waals surface area contributed by atoms with E-state index in [9.17, 15) is 19.5 Å². The van der Waals surface area contributed by atoms with Gasteiger partial charge >= 0.3 is 12.1 Å². The number of anilines is 1. The summed E-state index contributed by atoms with van der Waals surface area (Å²) in [7, 11) is 0. The predicted octanol–water partition coefficient (Wildman–Crippen LogP) is 2.22. The Kier molecular flexibility index (Phi) is 5.60. The summed E-state index contributed by atoms with van der Waals surface area (Å²) in [4.78, 5) is 35.6. The molecule has 0 fully saturated rings. The zero-order chi connectivity index (χ0) is 19.2. The highest BCUT2D eigenvalue weighted by Crippen LogP contribution is 2.14. The second-order valence-electron chi connectivity index (χ2n) is 5.16. The summed E-state index contributed by atoms with van der Waals surface area (Å²) in [6.45, 7) is -0.0953. The standard InChI is InChI=1S/C18H18N2O5/c19-14-9-5-4-8-13(14)16(21)10-15(17(22)23)20-18(24)25-11-12-6-2-1-3-7-12/h1-9,15H,10-11,19H2,(H,20,24)(H,22,23)/t15-/m0/s1/i15D. The van der Waals surface area contributed by atoms with Crippen LogP contribution in [0.25, 0.3) is 0 Å². The number of carbonyl (C=O) groups is 3. The Morgan fingerprint density at radius 2 is 1.76 bits per heavy atom. The molecular weight excluding hydrogens is 324 g/mol. The van der Waals surface area contributed by atoms with E-state index in [1.54, 1.807) is 42.5 Å². The summed E-state index contributed by atoms with van der Waals surface area (Å²) in [5.74, 6) is -2.36. The minimum atomic E-state index is -2.58. The average Bonchev–Trinajstić information content (AvgIpc) is 2.61. The molecule has 0 saturated heterocycles. The first-order valence-corrected chi connectivity index (χ1v) is 7.42. The smallest absolute Gasteiger partial charge is 0.408 e. The number of nitrogens with two attached hydrogens (primary N) is 1. The molecule has 4 N–H and O–H groups in total. The Morgan fingerprint density at radius 1 is 1.12 bits per heavy atom. The minimum Gasteiger partial charge on any atom is -0.480 e. The molecule has 0 saturated carbocycles. The van der Waals surface area contributed by atoms with Crippen molar-refractivity contribution in [3.05, 3.63) is 65.7 Å². The number of alkyl carbamates (subject to hydrolysis) is 1. The molecule has 7 nitrogen and oxygen atoms in total. The van der Waals surface area contributed by atoms with Crippen molar-refractivity contribution in [3.63, 3.8) is 0 Å². The van der Waals surface area contributed by atoms with E-state index in [1.807, 2.05) is 5.32 Å². The zero-order valence-electron chi connectivity index (χ0n) is 14.3. The first kappa shape index (κ1) is 16.5. The van der Waals surface area contributed by atoms with E-state index in [1.165, 1.54) is 12.1 Å². The van der Waals surface area contributed by atoms with Crippen molar-refractivity contribution in [1.82, 2.24) is 5.32 Å². The van der Waals surface area contributed by atoms with Gasteiger partial charge in [-0.1, -0.05) is 42.5 Å². The highest BCUT2D eigenvalue weighted by Gasteiger charge is 2.25. The van der Waals surface area contributed by atoms with E-state index in [0.29, 0.717) is 5.56 Å². The van der Waals surface area contributed by atoms with Crippen LogP contribution in [-0.2, 0) is 16.1 Å². The third kappa shape index (κ3) is 5.35. The molecule has 2 aromatic rings. The fourth-order valence-electron chi connectivity index (χ4n) is 2.06. The Balaban J connectivity index is 2.04. The first-order chi connectivity index (χ1) is 12.3. The van der Waals surface area contributed by atoms with Crippen LogP contribution in [0, 0.1) is 0 Å². The van der Waals surface area contributed by atoms with Crippen LogP contribution in [0.15, 0.2) is 54.6 Å². The number of carboxylic acids is 1. The molecule has 2 aromatic carbocycles. The number of hydrogen-bond donors (Lipinski definition) is 3. The maximum atomic E-state index is 12.3. The Morgan fingerprint density at radius 3 is 2.40 bits per heavy atom. The van der Waals surface area contributed by atoms with Gasteiger partial charge in [-0.25, -0.2) is 9.59 Å². The van der Waals surface area contributed by atoms with E-state index < -0.39 is 30.3 Å². The number of rotatable bonds is 7. The quantitative estimate of drug-likeness (QED) is 0.524. The van der Waals surface area contributed by atoms with E-state index in [2.05, 4.69) is 0 Å². The number of benzene rings is 2. The van der Waals surface area contributed by atoms with Crippen molar-refractivity contribution >= 4 is 23.5 Å². The largest absolute Gasteiger partial charge is 0.480 e. The van der Waals surface area contributed by atoms with Gasteiger partial charge in [0.05, 0.1) is 1.37 Å². The Bertz CT molecular complexity index is 812. The molecule has 7 heteroatoms. The Hall–Kier alpha value is -3.35. The van der Waals surface area contributed by atoms with Crippen molar-refractivity contribution in [2.24, 2.45) is 0 Å². The molecule has 0 aliphatic carbocycles. The van der Waals surface area contributed by atoms with Crippen molar-refractivity contribution in [3.8, 4) is 0 Å². The zero-order valence-corrected chi connectivity index (χ0v) is 13.3. The second kappa shape index (κ2) is 8.49. The molecule has 1 amide bonds. The molecule has 0 aliphatic heterocycles. The highest BCUT2D eigenvalue weighted by molar-refractivity contribution is 6.03. The number of ether oxygens (including phenoxy) is 1. The third-order valence-electron chi connectivity index (χ3n) is 3.32. The molecule has 130 valence electrons. The molecule has 0 aliphatic rings. The lowest BCUT2D eigenvalue weighted by Gasteiger charge is -2.14. The summed E-state index contributed by atoms with van der Waals surface area (Å²) in [5.41, 5.74) is 6.64. The van der Waals surface area contributed by atoms with Gasteiger partial charge in [-0.2, -0.15) is 0 Å². The fourth-order valence-corrected chi connectivity index (χ4v) is 2.06. The average molecular weight is 343 g/mol. The summed E-state index contributed by atoms with van der Waals surface area (Å²) in [5, 5.41) is 11.2. The number of carbonyl (C=O) groups excluding carboxylic acids is 2. The van der Waals surface area contributed by atoms with Crippen LogP contribution in [0.5, 0.6) is 0 Å². The van der Waals surface area contributed by atoms with Crippen molar-refractivity contribution in [1.29, 1.82) is 0 Å². The number of ketones is 1. The van der Waals surface area contributed by atoms with Gasteiger partial charge in [-0.3, -0.25) is 4.79 Å². The van der Waals surface area contributed by atoms with Crippen LogP contribution < -0.4 is 11.1 Å². The van der Waals surface area contributed by atoms with Crippen molar-refractivity contribution in [2.75, 3.05) is 5.73 Å². The van der Waals surface area contributed by atoms with Gasteiger partial charge in [0.1, 0.15) is 12.6 Å². The van der Waals surface area contributed by atoms with Crippen molar-refractivity contribution in [2.45, 2.75) is 19.0 Å². The third-order valence-corrected chi connectivity index (χ3v) is 3.32. The van der Waals surface area contributed by atoms with E-state index >= 15 is 0 Å². The monoisotopic (exact) mass is 343 g/mol. The number of amides is 1. The number of nitrogen functional groups attached to an aromatic ring is 1. The minimum absolute atomic E-state index is 0.0878. The van der Waals surface area contributed by atoms with Gasteiger partial charge < -0.3 is 20.9 Å². The normalized spacial score (nSPS) is 13.2. The maximum absolute atomic E-state index is 12.3. The summed E-state index contributed by atoms with van der Waals surface area (Å²) < 4.78 is 12.9. The molecule has 0 unspecified atom stereocenters. The molecule has 2 rings (SSSR count). The van der Waals surface area contributed by atoms with Crippen LogP contribution in [0.3, 0.4) is 0 Å². The van der Waals surface area contributed by atoms with Gasteiger partial charge in [0.15, 0.2) is 5.78 Å². The fraction of sp³-hybridized carbons (Fsp3) is 0.167. The second-order valence-corrected chi connectivity index (χ2v) is 5.16. The number of hydrogen-bond acceptors (Lipinski definition) is 5. The molecule has 0 aromatic heterocycles. The lowest BCUT2D eigenvalue weighted by molar-refractivity contribution is -0.139. The lowest BCUT2D eigenvalue weighted by Crippen LogP contribution is -2.42. The lowest BCUT2D eigenvalue weighted by atomic mass is 10.0. The first-order valence-electron chi connectivity index (χ1n) is 7.92. The number of para-hydroxylation sites is 1. The van der Waals surface area contributed by atoms with Crippen LogP contribution >= 0.6 is 0 Å². The van der Waals surface area contributed by atoms with Crippen LogP contribution in [-0.4, -0.2) is 29.0 Å². The molecule has 25 heavy (non-hydrogen) atoms. The van der Waals surface area contributed by atoms with Crippen LogP contribution in [0.4, 0.5) is 10.5 Å². The van der Waals surface area contributed by atoms with Gasteiger partial charge in [-0.15, -0.1) is 0 Å². The van der Waals surface area contributed by atoms with Crippen LogP contribution in [0.1, 0.15) is 23.7 Å². The van der Waals surface area contributed by atoms with Gasteiger partial charge in [0, 0.05) is 17.7 Å². The van der Waals surface area contributed by atoms with E-state index in [4.69, 9.17) is 11.8 Å². The maximum Gasteiger partial charge on any atom is 0.408 e. The van der Waals surface area contributed by atoms with Gasteiger partial charge in [0.25, 0.3) is 0 Å². The van der Waals surface area contributed by atoms with Crippen molar-refractivity contribution < 1.29 is 25.6 Å². The Labute approximate surface area is 145 Å². The molecule has 1 atom stereocenters. The molecule has 0 radical (unpaired) electrons. The molecule has 0 heterocycles. The van der Waals surface area contributed by atoms with E-state index in [0.717, 1.165) is 0 Å². The van der Waals surface area contributed by atoms with Gasteiger partial charge in [0.2, 0.25) is 0 Å². The molecule has 0 spiro atoms. The summed E-state index contributed by atoms with van der Waals surface area (Å²) in [6.07, 6.45) is -1.91. The highest BCUT2D eigenvalue weighted by atomic mass is 16.5. The van der Waals surface area contributed by atoms with Gasteiger partial charge in [-0.05, 0) is 17.7 Å². The number of Topliss-reactive ketones (excluding diaryl/α,β-unsaturated/α-hetero) is 1. The number of carboxylic acid groups (broad SMARTS) is 1. The molecular formula is C18H18N2O5. The topological polar surface area (TPSA) is 119 Å². The van der Waals surface area contributed by atoms with E-state index in [-0.39, 0.29) is 17.9 Å². The summed E-state index contributed by atoms with van der Waals surface area (Å²) >= 11 is 0. The number of aliphatic carboxylic acids is 1. The van der Waals surface area contributed by atoms with Crippen LogP contribution in [0.2, 0.25) is 0 Å². The SMILES string of the molecule is [2H][C@@](CC(=O)c1ccccc1N)(NC(=O)OCc1ccccc1)C(=O)O. The predicted molar refractivity (Wildman–Crippen MR) is 91.0 cm³/mol. The molecule has 0 bridgehead atoms. The summed E-state index contributed by atoms with van der Waals surface area (Å²) in [6, 6.07) is 12.3.